The molecule has 1 N–H and O–H groups in total. The van der Waals surface area contributed by atoms with E-state index in [2.05, 4.69) is 28.6 Å². The third-order valence-electron chi connectivity index (χ3n) is 6.82. The monoisotopic (exact) mass is 526 g/mol. The summed E-state index contributed by atoms with van der Waals surface area (Å²) in [6.07, 6.45) is 5.88. The molecule has 0 aliphatic carbocycles. The van der Waals surface area contributed by atoms with Crippen LogP contribution in [0.1, 0.15) is 41.3 Å². The van der Waals surface area contributed by atoms with E-state index in [1.807, 2.05) is 37.3 Å². The van der Waals surface area contributed by atoms with Gasteiger partial charge in [0.15, 0.2) is 0 Å². The lowest BCUT2D eigenvalue weighted by atomic mass is 9.98. The highest BCUT2D eigenvalue weighted by molar-refractivity contribution is 5.89. The van der Waals surface area contributed by atoms with Gasteiger partial charge in [-0.15, -0.1) is 0 Å². The summed E-state index contributed by atoms with van der Waals surface area (Å²) in [5.41, 5.74) is 3.31. The molecular weight excluding hydrogens is 492 g/mol. The van der Waals surface area contributed by atoms with Gasteiger partial charge in [-0.3, -0.25) is 9.79 Å². The van der Waals surface area contributed by atoms with Crippen LogP contribution in [0.4, 0.5) is 0 Å². The number of allylic oxidation sites excluding steroid dienone is 2. The molecule has 3 aromatic rings. The van der Waals surface area contributed by atoms with Gasteiger partial charge in [-0.2, -0.15) is 5.10 Å². The first kappa shape index (κ1) is 27.7. The Labute approximate surface area is 228 Å². The predicted octanol–water partition coefficient (Wildman–Crippen LogP) is 4.96. The van der Waals surface area contributed by atoms with Crippen LogP contribution < -0.4 is 5.56 Å². The van der Waals surface area contributed by atoms with E-state index in [4.69, 9.17) is 4.74 Å². The summed E-state index contributed by atoms with van der Waals surface area (Å²) in [6, 6.07) is 17.2. The first-order chi connectivity index (χ1) is 18.8. The van der Waals surface area contributed by atoms with E-state index in [9.17, 15) is 14.7 Å². The van der Waals surface area contributed by atoms with Gasteiger partial charge in [0.25, 0.3) is 5.56 Å². The Balaban J connectivity index is 1.43. The van der Waals surface area contributed by atoms with Crippen LogP contribution in [0.2, 0.25) is 0 Å². The quantitative estimate of drug-likeness (QED) is 0.296. The van der Waals surface area contributed by atoms with Crippen molar-refractivity contribution in [3.05, 3.63) is 106 Å². The van der Waals surface area contributed by atoms with Crippen molar-refractivity contribution in [2.45, 2.75) is 26.3 Å². The van der Waals surface area contributed by atoms with Crippen LogP contribution in [0.3, 0.4) is 0 Å². The summed E-state index contributed by atoms with van der Waals surface area (Å²) in [5, 5.41) is 13.8. The van der Waals surface area contributed by atoms with Crippen LogP contribution in [0.5, 0.6) is 0 Å². The van der Waals surface area contributed by atoms with E-state index >= 15 is 0 Å². The minimum absolute atomic E-state index is 0.159. The third-order valence-corrected chi connectivity index (χ3v) is 6.82. The number of nitrogens with zero attached hydrogens (tertiary/aromatic N) is 4. The molecule has 0 bridgehead atoms. The number of aliphatic imine (C=N–C) groups is 1. The predicted molar refractivity (Wildman–Crippen MR) is 154 cm³/mol. The second-order valence-electron chi connectivity index (χ2n) is 9.75. The van der Waals surface area contributed by atoms with E-state index in [1.165, 1.54) is 16.8 Å². The van der Waals surface area contributed by atoms with Crippen LogP contribution in [-0.2, 0) is 11.3 Å². The summed E-state index contributed by atoms with van der Waals surface area (Å²) in [7, 11) is 2.15. The molecule has 0 amide bonds. The number of piperidine rings is 1. The second-order valence-corrected chi connectivity index (χ2v) is 9.75. The number of carbonyl (C=O) groups is 1. The first-order valence-electron chi connectivity index (χ1n) is 13.0. The smallest absolute Gasteiger partial charge is 0.335 e. The summed E-state index contributed by atoms with van der Waals surface area (Å²) in [4.78, 5) is 30.8. The second kappa shape index (κ2) is 13.0. The minimum atomic E-state index is -1.02. The first-order valence-corrected chi connectivity index (χ1v) is 13.0. The van der Waals surface area contributed by atoms with Gasteiger partial charge in [0.2, 0.25) is 0 Å². The average Bonchev–Trinajstić information content (AvgIpc) is 2.95. The van der Waals surface area contributed by atoms with E-state index in [0.29, 0.717) is 35.2 Å². The van der Waals surface area contributed by atoms with E-state index in [0.717, 1.165) is 37.1 Å². The normalized spacial score (nSPS) is 15.0. The molecule has 0 saturated carbocycles. The molecule has 0 spiro atoms. The molecule has 1 aliphatic heterocycles. The van der Waals surface area contributed by atoms with Crippen LogP contribution in [0.25, 0.3) is 17.0 Å². The number of hydrogen-bond donors (Lipinski definition) is 1. The fraction of sp³-hybridized carbons (Fsp3) is 0.290. The highest BCUT2D eigenvalue weighted by atomic mass is 16.5. The van der Waals surface area contributed by atoms with Gasteiger partial charge in [0, 0.05) is 11.6 Å². The van der Waals surface area contributed by atoms with Crippen molar-refractivity contribution >= 4 is 17.9 Å². The molecule has 0 atom stereocenters. The molecule has 0 radical (unpaired) electrons. The van der Waals surface area contributed by atoms with Crippen molar-refractivity contribution in [1.29, 1.82) is 0 Å². The number of carboxylic acids is 1. The minimum Gasteiger partial charge on any atom is -0.492 e. The van der Waals surface area contributed by atoms with Crippen molar-refractivity contribution in [2.75, 3.05) is 26.7 Å². The van der Waals surface area contributed by atoms with Gasteiger partial charge in [0.1, 0.15) is 5.76 Å². The molecule has 8 heteroatoms. The molecule has 202 valence electrons. The van der Waals surface area contributed by atoms with Gasteiger partial charge >= 0.3 is 5.97 Å². The van der Waals surface area contributed by atoms with Crippen molar-refractivity contribution in [3.63, 3.8) is 0 Å². The average molecular weight is 527 g/mol. The molecular formula is C31H34N4O4. The SMILES string of the molecule is C=C(N=C/C(=C\C)OCC1CCN(C)CC1)c1cccc(Cn2nc(-c3cccc(C(=O)O)c3)ccc2=O)c1. The topological polar surface area (TPSA) is 97.0 Å². The Morgan fingerprint density at radius 1 is 1.13 bits per heavy atom. The Morgan fingerprint density at radius 2 is 1.87 bits per heavy atom. The number of hydrogen-bond acceptors (Lipinski definition) is 6. The van der Waals surface area contributed by atoms with Gasteiger partial charge in [-0.25, -0.2) is 9.48 Å². The van der Waals surface area contributed by atoms with Crippen molar-refractivity contribution in [3.8, 4) is 11.3 Å². The number of likely N-dealkylation sites (tertiary alicyclic amines) is 1. The molecule has 39 heavy (non-hydrogen) atoms. The molecule has 2 aromatic carbocycles. The number of benzene rings is 2. The van der Waals surface area contributed by atoms with Gasteiger partial charge in [0.05, 0.1) is 36.3 Å². The molecule has 4 rings (SSSR count). The molecule has 2 heterocycles. The van der Waals surface area contributed by atoms with Crippen LogP contribution in [-0.4, -0.2) is 58.7 Å². The largest absolute Gasteiger partial charge is 0.492 e. The number of aromatic nitrogens is 2. The summed E-state index contributed by atoms with van der Waals surface area (Å²) in [6.45, 7) is 9.17. The van der Waals surface area contributed by atoms with Crippen LogP contribution in [0.15, 0.2) is 88.9 Å². The summed E-state index contributed by atoms with van der Waals surface area (Å²) in [5.74, 6) is 0.252. The Hall–Kier alpha value is -4.30. The lowest BCUT2D eigenvalue weighted by molar-refractivity contribution is 0.0697. The van der Waals surface area contributed by atoms with E-state index < -0.39 is 5.97 Å². The lowest BCUT2D eigenvalue weighted by Crippen LogP contribution is -2.31. The fourth-order valence-corrected chi connectivity index (χ4v) is 4.40. The number of aromatic carboxylic acids is 1. The van der Waals surface area contributed by atoms with E-state index in [1.54, 1.807) is 30.5 Å². The Bertz CT molecular complexity index is 1450. The molecule has 0 unspecified atom stereocenters. The van der Waals surface area contributed by atoms with E-state index in [-0.39, 0.29) is 17.7 Å². The summed E-state index contributed by atoms with van der Waals surface area (Å²) >= 11 is 0. The zero-order valence-corrected chi connectivity index (χ0v) is 22.4. The highest BCUT2D eigenvalue weighted by Gasteiger charge is 2.17. The maximum Gasteiger partial charge on any atom is 0.335 e. The summed E-state index contributed by atoms with van der Waals surface area (Å²) < 4.78 is 7.37. The van der Waals surface area contributed by atoms with Gasteiger partial charge in [-0.05, 0) is 87.3 Å². The zero-order chi connectivity index (χ0) is 27.8. The van der Waals surface area contributed by atoms with Crippen LogP contribution >= 0.6 is 0 Å². The maximum absolute atomic E-state index is 12.5. The number of rotatable bonds is 10. The standard InChI is InChI=1S/C31H34N4O4/c1-4-28(39-21-23-13-15-34(3)16-14-23)19-32-22(2)25-8-5-7-24(17-25)20-35-30(36)12-11-29(33-35)26-9-6-10-27(18-26)31(37)38/h4-12,17-19,23H,2,13-16,20-21H2,1,3H3,(H,37,38)/b28-4+,32-19?. The van der Waals surface area contributed by atoms with Crippen molar-refractivity contribution in [1.82, 2.24) is 14.7 Å². The highest BCUT2D eigenvalue weighted by Crippen LogP contribution is 2.20. The van der Waals surface area contributed by atoms with Gasteiger partial charge < -0.3 is 14.7 Å². The molecule has 1 aliphatic rings. The third kappa shape index (κ3) is 7.61. The Morgan fingerprint density at radius 3 is 2.62 bits per heavy atom. The number of carboxylic acid groups (broad SMARTS) is 1. The van der Waals surface area contributed by atoms with Crippen molar-refractivity contribution < 1.29 is 14.6 Å². The zero-order valence-electron chi connectivity index (χ0n) is 22.4. The number of ether oxygens (including phenoxy) is 1. The molecule has 8 nitrogen and oxygen atoms in total. The Kier molecular flexibility index (Phi) is 9.22. The van der Waals surface area contributed by atoms with Gasteiger partial charge in [-0.1, -0.05) is 36.9 Å². The maximum atomic E-state index is 12.5. The van der Waals surface area contributed by atoms with Crippen molar-refractivity contribution in [2.24, 2.45) is 10.9 Å². The fourth-order valence-electron chi connectivity index (χ4n) is 4.40. The van der Waals surface area contributed by atoms with Crippen LogP contribution in [0, 0.1) is 5.92 Å². The molecule has 1 aromatic heterocycles. The lowest BCUT2D eigenvalue weighted by Gasteiger charge is -2.28. The molecule has 1 fully saturated rings. The molecule has 1 saturated heterocycles.